The fourth-order valence-corrected chi connectivity index (χ4v) is 6.15. The minimum absolute atomic E-state index is 0.229. The Morgan fingerprint density at radius 3 is 1.33 bits per heavy atom. The third-order valence-corrected chi connectivity index (χ3v) is 6.82. The van der Waals surface area contributed by atoms with Gasteiger partial charge in [0.15, 0.2) is 11.6 Å². The first kappa shape index (κ1) is 12.5. The summed E-state index contributed by atoms with van der Waals surface area (Å²) in [5, 5.41) is 0. The Hall–Kier alpha value is 0.800. The van der Waals surface area contributed by atoms with E-state index in [0.717, 1.165) is 12.8 Å². The maximum absolute atomic E-state index is 5.98. The number of ether oxygens (including phenoxy) is 4. The van der Waals surface area contributed by atoms with Crippen LogP contribution in [0.15, 0.2) is 0 Å². The van der Waals surface area contributed by atoms with Gasteiger partial charge in [-0.15, -0.1) is 0 Å². The van der Waals surface area contributed by atoms with Crippen LogP contribution >= 0.6 is 31.9 Å². The molecule has 4 rings (SSSR count). The van der Waals surface area contributed by atoms with Crippen LogP contribution in [0, 0.1) is 11.8 Å². The van der Waals surface area contributed by atoms with Crippen LogP contribution in [0.3, 0.4) is 0 Å². The number of alkyl halides is 2. The van der Waals surface area contributed by atoms with Crippen molar-refractivity contribution >= 4 is 31.9 Å². The SMILES string of the molecule is Br[C@H]1C[C@@H]2[C@@H](C[C@H](Br)C23OCCO3)C12OCCO2. The minimum atomic E-state index is -0.463. The van der Waals surface area contributed by atoms with Crippen molar-refractivity contribution in [2.24, 2.45) is 11.8 Å². The van der Waals surface area contributed by atoms with E-state index >= 15 is 0 Å². The van der Waals surface area contributed by atoms with Gasteiger partial charge in [0.2, 0.25) is 0 Å². The van der Waals surface area contributed by atoms with Gasteiger partial charge in [0.25, 0.3) is 0 Å². The molecule has 0 radical (unpaired) electrons. The average Bonchev–Trinajstić information content (AvgIpc) is 3.07. The Morgan fingerprint density at radius 2 is 1.00 bits per heavy atom. The Morgan fingerprint density at radius 1 is 0.667 bits per heavy atom. The van der Waals surface area contributed by atoms with E-state index in [4.69, 9.17) is 18.9 Å². The Labute approximate surface area is 123 Å². The molecule has 2 aliphatic carbocycles. The Balaban J connectivity index is 1.71. The Bertz CT molecular complexity index is 318. The lowest BCUT2D eigenvalue weighted by Gasteiger charge is -2.32. The molecule has 0 bridgehead atoms. The highest BCUT2D eigenvalue weighted by Gasteiger charge is 2.70. The summed E-state index contributed by atoms with van der Waals surface area (Å²) in [6.07, 6.45) is 1.96. The van der Waals surface area contributed by atoms with E-state index in [0.29, 0.717) is 38.3 Å². The third-order valence-electron chi connectivity index (χ3n) is 4.79. The number of halogens is 2. The predicted octanol–water partition coefficient (Wildman–Crippen LogP) is 2.04. The van der Waals surface area contributed by atoms with Gasteiger partial charge in [0, 0.05) is 11.8 Å². The fraction of sp³-hybridized carbons (Fsp3) is 1.00. The van der Waals surface area contributed by atoms with Gasteiger partial charge < -0.3 is 18.9 Å². The van der Waals surface area contributed by atoms with Gasteiger partial charge in [0.05, 0.1) is 36.1 Å². The van der Waals surface area contributed by atoms with Crippen LogP contribution in [0.1, 0.15) is 12.8 Å². The van der Waals surface area contributed by atoms with Crippen molar-refractivity contribution in [2.45, 2.75) is 34.1 Å². The van der Waals surface area contributed by atoms with Gasteiger partial charge in [-0.1, -0.05) is 31.9 Å². The molecule has 4 aliphatic rings. The smallest absolute Gasteiger partial charge is 0.184 e. The highest BCUT2D eigenvalue weighted by atomic mass is 79.9. The molecule has 4 atom stereocenters. The molecule has 2 saturated heterocycles. The molecule has 102 valence electrons. The largest absolute Gasteiger partial charge is 0.346 e. The van der Waals surface area contributed by atoms with Gasteiger partial charge in [-0.3, -0.25) is 0 Å². The van der Waals surface area contributed by atoms with E-state index < -0.39 is 11.6 Å². The lowest BCUT2D eigenvalue weighted by Crippen LogP contribution is -2.43. The molecule has 2 spiro atoms. The van der Waals surface area contributed by atoms with Gasteiger partial charge in [-0.2, -0.15) is 0 Å². The molecule has 0 aromatic carbocycles. The van der Waals surface area contributed by atoms with Crippen LogP contribution in [-0.2, 0) is 18.9 Å². The summed E-state index contributed by atoms with van der Waals surface area (Å²) in [5.74, 6) is -0.246. The van der Waals surface area contributed by atoms with E-state index in [-0.39, 0.29) is 9.65 Å². The van der Waals surface area contributed by atoms with E-state index in [1.165, 1.54) is 0 Å². The fourth-order valence-electron chi connectivity index (χ4n) is 4.13. The molecule has 0 aromatic heterocycles. The van der Waals surface area contributed by atoms with Gasteiger partial charge in [-0.25, -0.2) is 0 Å². The van der Waals surface area contributed by atoms with E-state index in [1.54, 1.807) is 0 Å². The zero-order valence-corrected chi connectivity index (χ0v) is 13.1. The Kier molecular flexibility index (Phi) is 2.89. The quantitative estimate of drug-likeness (QED) is 0.600. The topological polar surface area (TPSA) is 36.9 Å². The van der Waals surface area contributed by atoms with Gasteiger partial charge in [0.1, 0.15) is 0 Å². The summed E-state index contributed by atoms with van der Waals surface area (Å²) in [6, 6.07) is 0. The molecule has 2 heterocycles. The van der Waals surface area contributed by atoms with Gasteiger partial charge in [-0.05, 0) is 12.8 Å². The second-order valence-corrected chi connectivity index (χ2v) is 7.67. The summed E-state index contributed by atoms with van der Waals surface area (Å²) in [5.41, 5.74) is 0. The molecule has 18 heavy (non-hydrogen) atoms. The normalized spacial score (nSPS) is 48.3. The van der Waals surface area contributed by atoms with Crippen LogP contribution in [-0.4, -0.2) is 47.7 Å². The van der Waals surface area contributed by atoms with Crippen LogP contribution < -0.4 is 0 Å². The highest BCUT2D eigenvalue weighted by Crippen LogP contribution is 2.62. The molecule has 2 saturated carbocycles. The van der Waals surface area contributed by atoms with E-state index in [2.05, 4.69) is 31.9 Å². The second kappa shape index (κ2) is 4.15. The van der Waals surface area contributed by atoms with Gasteiger partial charge >= 0.3 is 0 Å². The first-order chi connectivity index (χ1) is 8.69. The number of hydrogen-bond acceptors (Lipinski definition) is 4. The van der Waals surface area contributed by atoms with Crippen LogP contribution in [0.2, 0.25) is 0 Å². The first-order valence-corrected chi connectivity index (χ1v) is 8.36. The molecule has 2 aliphatic heterocycles. The number of fused-ring (bicyclic) bond motifs is 3. The maximum Gasteiger partial charge on any atom is 0.184 e. The number of rotatable bonds is 0. The van der Waals surface area contributed by atoms with Crippen LogP contribution in [0.5, 0.6) is 0 Å². The van der Waals surface area contributed by atoms with Crippen molar-refractivity contribution in [3.8, 4) is 0 Å². The summed E-state index contributed by atoms with van der Waals surface area (Å²) in [7, 11) is 0. The standard InChI is InChI=1S/C12H16Br2O4/c13-9-6-8-7(11(9)15-1-2-16-11)5-10(14)12(8)17-3-4-18-12/h7-10H,1-6H2/t7-,8-,9+,10+/m1/s1. The van der Waals surface area contributed by atoms with Crippen molar-refractivity contribution in [1.29, 1.82) is 0 Å². The minimum Gasteiger partial charge on any atom is -0.346 e. The zero-order chi connectivity index (χ0) is 12.4. The summed E-state index contributed by atoms with van der Waals surface area (Å²) >= 11 is 7.50. The molecule has 0 aromatic rings. The van der Waals surface area contributed by atoms with Crippen molar-refractivity contribution in [3.05, 3.63) is 0 Å². The average molecular weight is 384 g/mol. The molecule has 4 fully saturated rings. The van der Waals surface area contributed by atoms with Crippen LogP contribution in [0.4, 0.5) is 0 Å². The highest BCUT2D eigenvalue weighted by molar-refractivity contribution is 9.09. The zero-order valence-electron chi connectivity index (χ0n) is 9.94. The molecule has 4 nitrogen and oxygen atoms in total. The molecular formula is C12H16Br2O4. The molecule has 0 N–H and O–H groups in total. The monoisotopic (exact) mass is 382 g/mol. The summed E-state index contributed by atoms with van der Waals surface area (Å²) < 4.78 is 23.9. The van der Waals surface area contributed by atoms with E-state index in [1.807, 2.05) is 0 Å². The lowest BCUT2D eigenvalue weighted by atomic mass is 9.94. The number of hydrogen-bond donors (Lipinski definition) is 0. The maximum atomic E-state index is 5.98. The second-order valence-electron chi connectivity index (χ2n) is 5.46. The summed E-state index contributed by atoms with van der Waals surface area (Å²) in [4.78, 5) is 0.458. The van der Waals surface area contributed by atoms with Crippen molar-refractivity contribution in [1.82, 2.24) is 0 Å². The lowest BCUT2D eigenvalue weighted by molar-refractivity contribution is -0.202. The van der Waals surface area contributed by atoms with Crippen LogP contribution in [0.25, 0.3) is 0 Å². The van der Waals surface area contributed by atoms with E-state index in [9.17, 15) is 0 Å². The molecule has 6 heteroatoms. The molecule has 0 amide bonds. The molecular weight excluding hydrogens is 368 g/mol. The predicted molar refractivity (Wildman–Crippen MR) is 70.9 cm³/mol. The van der Waals surface area contributed by atoms with Crippen molar-refractivity contribution < 1.29 is 18.9 Å². The third kappa shape index (κ3) is 1.40. The van der Waals surface area contributed by atoms with Crippen molar-refractivity contribution in [3.63, 3.8) is 0 Å². The van der Waals surface area contributed by atoms with Crippen molar-refractivity contribution in [2.75, 3.05) is 26.4 Å². The molecule has 0 unspecified atom stereocenters. The first-order valence-electron chi connectivity index (χ1n) is 6.53. The summed E-state index contributed by atoms with van der Waals surface area (Å²) in [6.45, 7) is 2.75.